The third-order valence-corrected chi connectivity index (χ3v) is 11.5. The number of hydrogen-bond donors (Lipinski definition) is 3. The molecule has 3 N–H and O–H groups in total. The van der Waals surface area contributed by atoms with Crippen LogP contribution in [0.25, 0.3) is 34.1 Å². The predicted molar refractivity (Wildman–Crippen MR) is 225 cm³/mol. The molecule has 0 spiro atoms. The first-order valence-electron chi connectivity index (χ1n) is 19.8. The van der Waals surface area contributed by atoms with Crippen molar-refractivity contribution in [3.63, 3.8) is 0 Å². The molecule has 2 saturated carbocycles. The predicted octanol–water partition coefficient (Wildman–Crippen LogP) is 6.35. The number of anilines is 2. The SMILES string of the molecule is Cc1ccc(-c2noc(C3CC(O)C3)n2)cc1NC(=O)c1cnc2ccccn12.Cc1ccc(-c2noc(C3CC(OS(C)(=O)=O)C3)n2)cc1NC(=O)c1cnc2ccccn12. The maximum Gasteiger partial charge on any atom is 0.274 e. The van der Waals surface area contributed by atoms with Crippen LogP contribution in [0.4, 0.5) is 11.4 Å². The van der Waals surface area contributed by atoms with E-state index in [1.165, 1.54) is 6.20 Å². The van der Waals surface area contributed by atoms with Crippen molar-refractivity contribution in [1.29, 1.82) is 0 Å². The molecule has 316 valence electrons. The molecule has 0 bridgehead atoms. The second kappa shape index (κ2) is 16.4. The molecule has 6 aromatic heterocycles. The van der Waals surface area contributed by atoms with Crippen molar-refractivity contribution >= 4 is 44.6 Å². The molecular formula is C43H40N10O8S. The zero-order chi connectivity index (χ0) is 43.1. The van der Waals surface area contributed by atoms with E-state index in [1.54, 1.807) is 33.5 Å². The van der Waals surface area contributed by atoms with Crippen molar-refractivity contribution in [3.05, 3.63) is 132 Å². The first kappa shape index (κ1) is 40.3. The number of hydrogen-bond acceptors (Lipinski definition) is 14. The number of rotatable bonds is 10. The van der Waals surface area contributed by atoms with Crippen LogP contribution in [0.2, 0.25) is 0 Å². The number of carbonyl (C=O) groups excluding carboxylic acids is 2. The van der Waals surface area contributed by atoms with E-state index in [2.05, 4.69) is 40.9 Å². The summed E-state index contributed by atoms with van der Waals surface area (Å²) < 4.78 is 41.7. The van der Waals surface area contributed by atoms with Crippen molar-refractivity contribution in [3.8, 4) is 22.8 Å². The molecule has 0 unspecified atom stereocenters. The van der Waals surface area contributed by atoms with Gasteiger partial charge in [-0.2, -0.15) is 18.4 Å². The topological polar surface area (TPSA) is 234 Å². The standard InChI is InChI=1S/C22H21N5O5S.C21H19N5O3/c1-13-6-7-14(20-25-22(31-26-20)15-9-16(10-15)32-33(2,29)30)11-17(13)24-21(28)18-12-23-19-5-3-4-8-27(18)19;1-12-5-6-13(19-24-21(29-25-19)14-8-15(27)9-14)10-16(12)23-20(28)17-11-22-18-4-2-3-7-26(17)18/h3-8,11-12,15-16H,9-10H2,1-2H3,(H,24,28);2-7,10-11,14-15,27H,8-9H2,1H3,(H,23,28). The number of nitrogens with one attached hydrogen (secondary N) is 2. The first-order valence-corrected chi connectivity index (χ1v) is 21.6. The summed E-state index contributed by atoms with van der Waals surface area (Å²) in [6.45, 7) is 3.82. The molecule has 0 radical (unpaired) electrons. The molecule has 2 aliphatic rings. The van der Waals surface area contributed by atoms with Gasteiger partial charge in [-0.15, -0.1) is 0 Å². The van der Waals surface area contributed by atoms with E-state index >= 15 is 0 Å². The summed E-state index contributed by atoms with van der Waals surface area (Å²) in [5.41, 5.74) is 6.81. The van der Waals surface area contributed by atoms with Crippen LogP contribution in [-0.2, 0) is 14.3 Å². The summed E-state index contributed by atoms with van der Waals surface area (Å²) in [6, 6.07) is 22.2. The van der Waals surface area contributed by atoms with Crippen LogP contribution in [-0.4, -0.2) is 82.9 Å². The second-order valence-electron chi connectivity index (χ2n) is 15.4. The largest absolute Gasteiger partial charge is 0.393 e. The molecule has 19 heteroatoms. The smallest absolute Gasteiger partial charge is 0.274 e. The van der Waals surface area contributed by atoms with Crippen LogP contribution in [0.3, 0.4) is 0 Å². The van der Waals surface area contributed by atoms with Crippen molar-refractivity contribution in [1.82, 2.24) is 39.1 Å². The monoisotopic (exact) mass is 856 g/mol. The minimum atomic E-state index is -3.48. The number of carbonyl (C=O) groups is 2. The fourth-order valence-electron chi connectivity index (χ4n) is 7.28. The number of aliphatic hydroxyl groups excluding tert-OH is 1. The fourth-order valence-corrected chi connectivity index (χ4v) is 7.94. The van der Waals surface area contributed by atoms with Gasteiger partial charge < -0.3 is 24.8 Å². The van der Waals surface area contributed by atoms with Crippen molar-refractivity contribution in [2.75, 3.05) is 16.9 Å². The molecule has 0 saturated heterocycles. The van der Waals surface area contributed by atoms with Gasteiger partial charge in [0.05, 0.1) is 30.9 Å². The quantitative estimate of drug-likeness (QED) is 0.127. The lowest BCUT2D eigenvalue weighted by Gasteiger charge is -2.31. The Bertz CT molecular complexity index is 3070. The normalized spacial score (nSPS) is 18.4. The Morgan fingerprint density at radius 2 is 1.18 bits per heavy atom. The Morgan fingerprint density at radius 3 is 1.63 bits per heavy atom. The van der Waals surface area contributed by atoms with Gasteiger partial charge in [-0.25, -0.2) is 9.97 Å². The maximum atomic E-state index is 12.9. The summed E-state index contributed by atoms with van der Waals surface area (Å²) in [6.07, 6.45) is 9.38. The average Bonchev–Trinajstić information content (AvgIpc) is 4.06. The van der Waals surface area contributed by atoms with Gasteiger partial charge >= 0.3 is 0 Å². The van der Waals surface area contributed by atoms with E-state index in [0.717, 1.165) is 22.9 Å². The molecule has 18 nitrogen and oxygen atoms in total. The van der Waals surface area contributed by atoms with Crippen LogP contribution in [0.5, 0.6) is 0 Å². The number of imidazole rings is 2. The molecule has 2 fully saturated rings. The Labute approximate surface area is 354 Å². The number of aliphatic hydroxyl groups is 1. The molecule has 8 aromatic rings. The summed E-state index contributed by atoms with van der Waals surface area (Å²) in [7, 11) is -3.48. The Hall–Kier alpha value is -7.09. The van der Waals surface area contributed by atoms with Crippen LogP contribution in [0, 0.1) is 13.8 Å². The average molecular weight is 857 g/mol. The molecule has 2 amide bonds. The molecule has 6 heterocycles. The minimum absolute atomic E-state index is 0.0437. The lowest BCUT2D eigenvalue weighted by molar-refractivity contribution is 0.0624. The van der Waals surface area contributed by atoms with Crippen molar-refractivity contribution < 1.29 is 36.3 Å². The van der Waals surface area contributed by atoms with Gasteiger partial charge in [0.1, 0.15) is 22.7 Å². The lowest BCUT2D eigenvalue weighted by atomic mass is 9.82. The van der Waals surface area contributed by atoms with Crippen LogP contribution in [0.1, 0.15) is 81.4 Å². The van der Waals surface area contributed by atoms with E-state index in [4.69, 9.17) is 13.2 Å². The van der Waals surface area contributed by atoms with Crippen LogP contribution >= 0.6 is 0 Å². The van der Waals surface area contributed by atoms with Gasteiger partial charge in [-0.3, -0.25) is 22.6 Å². The van der Waals surface area contributed by atoms with Gasteiger partial charge in [-0.05, 0) is 87.1 Å². The third kappa shape index (κ3) is 8.45. The van der Waals surface area contributed by atoms with E-state index in [0.29, 0.717) is 88.7 Å². The third-order valence-electron chi connectivity index (χ3n) is 10.9. The highest BCUT2D eigenvalue weighted by molar-refractivity contribution is 7.86. The maximum absolute atomic E-state index is 12.9. The van der Waals surface area contributed by atoms with E-state index in [1.807, 2.05) is 80.6 Å². The Morgan fingerprint density at radius 1 is 0.710 bits per heavy atom. The zero-order valence-electron chi connectivity index (χ0n) is 33.7. The van der Waals surface area contributed by atoms with Gasteiger partial charge in [0.25, 0.3) is 21.9 Å². The zero-order valence-corrected chi connectivity index (χ0v) is 34.5. The van der Waals surface area contributed by atoms with Gasteiger partial charge in [0, 0.05) is 46.7 Å². The molecule has 10 rings (SSSR count). The summed E-state index contributed by atoms with van der Waals surface area (Å²) in [5.74, 6) is 1.38. The summed E-state index contributed by atoms with van der Waals surface area (Å²) in [5, 5.41) is 23.5. The molecule has 2 aliphatic carbocycles. The fraction of sp³-hybridized carbons (Fsp3) is 0.256. The first-order chi connectivity index (χ1) is 29.8. The molecule has 2 aromatic carbocycles. The van der Waals surface area contributed by atoms with Crippen molar-refractivity contribution in [2.45, 2.75) is 63.6 Å². The second-order valence-corrected chi connectivity index (χ2v) is 17.0. The number of aryl methyl sites for hydroxylation is 2. The highest BCUT2D eigenvalue weighted by atomic mass is 32.2. The van der Waals surface area contributed by atoms with Gasteiger partial charge in [0.2, 0.25) is 23.4 Å². The highest BCUT2D eigenvalue weighted by Crippen LogP contribution is 2.40. The number of benzene rings is 2. The van der Waals surface area contributed by atoms with Gasteiger partial charge in [0.15, 0.2) is 0 Å². The lowest BCUT2D eigenvalue weighted by Crippen LogP contribution is -2.31. The number of amides is 2. The Kier molecular flexibility index (Phi) is 10.7. The van der Waals surface area contributed by atoms with Gasteiger partial charge in [-0.1, -0.05) is 46.7 Å². The number of aromatic nitrogens is 8. The minimum Gasteiger partial charge on any atom is -0.393 e. The number of nitrogens with zero attached hydrogens (tertiary/aromatic N) is 8. The molecule has 62 heavy (non-hydrogen) atoms. The summed E-state index contributed by atoms with van der Waals surface area (Å²) in [4.78, 5) is 43.1. The highest BCUT2D eigenvalue weighted by Gasteiger charge is 2.37. The number of pyridine rings is 2. The summed E-state index contributed by atoms with van der Waals surface area (Å²) >= 11 is 0. The molecule has 0 atom stereocenters. The van der Waals surface area contributed by atoms with E-state index < -0.39 is 10.1 Å². The van der Waals surface area contributed by atoms with Crippen molar-refractivity contribution in [2.24, 2.45) is 0 Å². The van der Waals surface area contributed by atoms with Crippen LogP contribution < -0.4 is 10.6 Å². The molecular weight excluding hydrogens is 817 g/mol. The van der Waals surface area contributed by atoms with E-state index in [-0.39, 0.29) is 35.9 Å². The Balaban J connectivity index is 0.000000159. The van der Waals surface area contributed by atoms with E-state index in [9.17, 15) is 23.1 Å². The molecule has 0 aliphatic heterocycles. The number of fused-ring (bicyclic) bond motifs is 2. The van der Waals surface area contributed by atoms with Crippen LogP contribution in [0.15, 0.2) is 107 Å².